The zero-order valence-electron chi connectivity index (χ0n) is 15.2. The number of aromatic nitrogens is 2. The minimum atomic E-state index is -4.89. The van der Waals surface area contributed by atoms with Crippen molar-refractivity contribution in [1.29, 1.82) is 0 Å². The molecule has 0 spiro atoms. The highest BCUT2D eigenvalue weighted by molar-refractivity contribution is 5.93. The van der Waals surface area contributed by atoms with Crippen LogP contribution < -0.4 is 5.56 Å². The molecule has 4 rings (SSSR count). The Hall–Kier alpha value is -3.94. The number of hydrogen-bond donors (Lipinski definition) is 1. The summed E-state index contributed by atoms with van der Waals surface area (Å²) in [6.45, 7) is 0. The van der Waals surface area contributed by atoms with Gasteiger partial charge in [-0.05, 0) is 24.3 Å². The number of alkyl halides is 3. The molecule has 30 heavy (non-hydrogen) atoms. The molecule has 0 fully saturated rings. The van der Waals surface area contributed by atoms with Crippen molar-refractivity contribution in [3.05, 3.63) is 94.3 Å². The maximum Gasteiger partial charge on any atom is 0.418 e. The lowest BCUT2D eigenvalue weighted by atomic mass is 10.0. The monoisotopic (exact) mass is 410 g/mol. The third-order valence-electron chi connectivity index (χ3n) is 4.60. The highest BCUT2D eigenvalue weighted by atomic mass is 19.4. The van der Waals surface area contributed by atoms with Gasteiger partial charge in [0.05, 0.1) is 27.7 Å². The third-order valence-corrected chi connectivity index (χ3v) is 4.60. The summed E-state index contributed by atoms with van der Waals surface area (Å²) in [5.41, 5.74) is -2.79. The molecule has 0 aliphatic carbocycles. The second-order valence-corrected chi connectivity index (χ2v) is 6.46. The molecule has 5 nitrogen and oxygen atoms in total. The van der Waals surface area contributed by atoms with E-state index < -0.39 is 34.5 Å². The van der Waals surface area contributed by atoms with Crippen molar-refractivity contribution in [3.63, 3.8) is 0 Å². The number of carbonyl (C=O) groups is 1. The van der Waals surface area contributed by atoms with E-state index in [2.05, 4.69) is 4.98 Å². The van der Waals surface area contributed by atoms with Crippen LogP contribution in [0.3, 0.4) is 0 Å². The topological polar surface area (TPSA) is 72.2 Å². The van der Waals surface area contributed by atoms with Crippen LogP contribution in [0.5, 0.6) is 0 Å². The van der Waals surface area contributed by atoms with E-state index in [1.807, 2.05) is 0 Å². The van der Waals surface area contributed by atoms with Gasteiger partial charge in [0.15, 0.2) is 0 Å². The number of fused-ring (bicyclic) bond motifs is 1. The Morgan fingerprint density at radius 2 is 1.57 bits per heavy atom. The molecule has 8 heteroatoms. The Labute approximate surface area is 167 Å². The lowest BCUT2D eigenvalue weighted by molar-refractivity contribution is -0.137. The number of carboxylic acid groups (broad SMARTS) is 1. The molecule has 0 unspecified atom stereocenters. The molecule has 0 aliphatic rings. The number of benzene rings is 3. The lowest BCUT2D eigenvalue weighted by Crippen LogP contribution is -2.27. The van der Waals surface area contributed by atoms with Crippen LogP contribution in [0.2, 0.25) is 0 Å². The van der Waals surface area contributed by atoms with Gasteiger partial charge in [-0.2, -0.15) is 13.2 Å². The largest absolute Gasteiger partial charge is 0.478 e. The number of aromatic carboxylic acids is 1. The molecule has 150 valence electrons. The van der Waals surface area contributed by atoms with E-state index >= 15 is 0 Å². The van der Waals surface area contributed by atoms with Crippen molar-refractivity contribution in [2.75, 3.05) is 0 Å². The first kappa shape index (κ1) is 19.4. The number of rotatable bonds is 3. The number of hydrogen-bond acceptors (Lipinski definition) is 3. The van der Waals surface area contributed by atoms with Gasteiger partial charge < -0.3 is 5.11 Å². The van der Waals surface area contributed by atoms with Gasteiger partial charge in [0, 0.05) is 5.56 Å². The molecule has 0 saturated heterocycles. The molecule has 3 aromatic carbocycles. The molecule has 1 heterocycles. The van der Waals surface area contributed by atoms with Crippen molar-refractivity contribution in [2.45, 2.75) is 6.18 Å². The molecule has 4 aromatic rings. The summed E-state index contributed by atoms with van der Waals surface area (Å²) in [6.07, 6.45) is -4.89. The first-order valence-corrected chi connectivity index (χ1v) is 8.80. The van der Waals surface area contributed by atoms with Crippen molar-refractivity contribution in [1.82, 2.24) is 9.55 Å². The second kappa shape index (κ2) is 7.14. The summed E-state index contributed by atoms with van der Waals surface area (Å²) < 4.78 is 42.2. The molecule has 0 saturated carbocycles. The van der Waals surface area contributed by atoms with Gasteiger partial charge in [0.1, 0.15) is 5.82 Å². The fraction of sp³-hybridized carbons (Fsp3) is 0.0455. The van der Waals surface area contributed by atoms with E-state index in [0.717, 1.165) is 22.8 Å². The molecule has 0 bridgehead atoms. The predicted molar refractivity (Wildman–Crippen MR) is 105 cm³/mol. The zero-order valence-corrected chi connectivity index (χ0v) is 15.2. The summed E-state index contributed by atoms with van der Waals surface area (Å²) in [5.74, 6) is -1.67. The molecule has 0 amide bonds. The van der Waals surface area contributed by atoms with Crippen molar-refractivity contribution < 1.29 is 23.1 Å². The second-order valence-electron chi connectivity index (χ2n) is 6.46. The maximum absolute atomic E-state index is 13.8. The maximum atomic E-state index is 13.8. The fourth-order valence-electron chi connectivity index (χ4n) is 3.31. The van der Waals surface area contributed by atoms with Crippen LogP contribution in [0.1, 0.15) is 15.9 Å². The first-order valence-electron chi connectivity index (χ1n) is 8.80. The standard InChI is InChI=1S/C22H13F3N2O3/c23-22(24,25)16-11-6-10-15(21(29)30)18(16)27-19(13-7-2-1-3-8-13)26-17-12-5-4-9-14(17)20(27)28/h1-12H,(H,29,30). The van der Waals surface area contributed by atoms with Gasteiger partial charge in [0.2, 0.25) is 0 Å². The van der Waals surface area contributed by atoms with Gasteiger partial charge in [-0.15, -0.1) is 0 Å². The third kappa shape index (κ3) is 3.22. The van der Waals surface area contributed by atoms with Crippen LogP contribution in [-0.2, 0) is 6.18 Å². The molecule has 0 radical (unpaired) electrons. The number of para-hydroxylation sites is 2. The lowest BCUT2D eigenvalue weighted by Gasteiger charge is -2.20. The summed E-state index contributed by atoms with van der Waals surface area (Å²) in [4.78, 5) is 29.5. The Bertz CT molecular complexity index is 1330. The van der Waals surface area contributed by atoms with Crippen LogP contribution in [-0.4, -0.2) is 20.6 Å². The minimum Gasteiger partial charge on any atom is -0.478 e. The predicted octanol–water partition coefficient (Wildman–Crippen LogP) is 4.77. The van der Waals surface area contributed by atoms with Crippen molar-refractivity contribution in [2.24, 2.45) is 0 Å². The normalized spacial score (nSPS) is 11.6. The molecule has 0 atom stereocenters. The highest BCUT2D eigenvalue weighted by Crippen LogP contribution is 2.36. The van der Waals surface area contributed by atoms with E-state index in [9.17, 15) is 27.9 Å². The average Bonchev–Trinajstić information content (AvgIpc) is 2.73. The van der Waals surface area contributed by atoms with Crippen LogP contribution in [0.15, 0.2) is 77.6 Å². The Balaban J connectivity index is 2.24. The number of carboxylic acids is 1. The van der Waals surface area contributed by atoms with E-state index in [-0.39, 0.29) is 11.2 Å². The zero-order chi connectivity index (χ0) is 21.5. The first-order chi connectivity index (χ1) is 14.3. The molecule has 0 aliphatic heterocycles. The van der Waals surface area contributed by atoms with E-state index in [4.69, 9.17) is 0 Å². The Morgan fingerprint density at radius 3 is 2.23 bits per heavy atom. The summed E-state index contributed by atoms with van der Waals surface area (Å²) in [6, 6.07) is 17.2. The quantitative estimate of drug-likeness (QED) is 0.528. The van der Waals surface area contributed by atoms with Crippen molar-refractivity contribution in [3.8, 4) is 17.1 Å². The summed E-state index contributed by atoms with van der Waals surface area (Å²) in [5, 5.41) is 9.65. The number of nitrogens with zero attached hydrogens (tertiary/aromatic N) is 2. The minimum absolute atomic E-state index is 0.0745. The van der Waals surface area contributed by atoms with Gasteiger partial charge >= 0.3 is 12.1 Å². The summed E-state index contributed by atoms with van der Waals surface area (Å²) >= 11 is 0. The van der Waals surface area contributed by atoms with Gasteiger partial charge in [-0.1, -0.05) is 48.5 Å². The van der Waals surface area contributed by atoms with Gasteiger partial charge in [0.25, 0.3) is 5.56 Å². The fourth-order valence-corrected chi connectivity index (χ4v) is 3.31. The van der Waals surface area contributed by atoms with Crippen LogP contribution in [0, 0.1) is 0 Å². The van der Waals surface area contributed by atoms with Crippen LogP contribution >= 0.6 is 0 Å². The molecule has 1 aromatic heterocycles. The Kier molecular flexibility index (Phi) is 4.62. The van der Waals surface area contributed by atoms with E-state index in [0.29, 0.717) is 11.1 Å². The smallest absolute Gasteiger partial charge is 0.418 e. The molecular weight excluding hydrogens is 397 g/mol. The van der Waals surface area contributed by atoms with E-state index in [1.165, 1.54) is 6.07 Å². The highest BCUT2D eigenvalue weighted by Gasteiger charge is 2.37. The number of halogens is 3. The molecular formula is C22H13F3N2O3. The Morgan fingerprint density at radius 1 is 0.900 bits per heavy atom. The van der Waals surface area contributed by atoms with Crippen LogP contribution in [0.25, 0.3) is 28.0 Å². The average molecular weight is 410 g/mol. The molecule has 1 N–H and O–H groups in total. The van der Waals surface area contributed by atoms with E-state index in [1.54, 1.807) is 48.5 Å². The van der Waals surface area contributed by atoms with Gasteiger partial charge in [-0.25, -0.2) is 9.78 Å². The SMILES string of the molecule is O=C(O)c1cccc(C(F)(F)F)c1-n1c(-c2ccccc2)nc2ccccc2c1=O. The van der Waals surface area contributed by atoms with Gasteiger partial charge in [-0.3, -0.25) is 9.36 Å². The summed E-state index contributed by atoms with van der Waals surface area (Å²) in [7, 11) is 0. The van der Waals surface area contributed by atoms with Crippen LogP contribution in [0.4, 0.5) is 13.2 Å². The van der Waals surface area contributed by atoms with Crippen molar-refractivity contribution >= 4 is 16.9 Å².